The standard InChI is InChI=1S/C14H17BrO4/c1-4-9(5-6-14(16)17)10-7-11(15)13(19-3)8-12(10)18-2/h5,7-8H,4,6H2,1-3H3,(H,16,17)/b9-5+. The molecule has 104 valence electrons. The van der Waals surface area contributed by atoms with Crippen LogP contribution in [0.5, 0.6) is 11.5 Å². The highest BCUT2D eigenvalue weighted by Crippen LogP contribution is 2.37. The van der Waals surface area contributed by atoms with Crippen LogP contribution in [0.3, 0.4) is 0 Å². The van der Waals surface area contributed by atoms with E-state index < -0.39 is 5.97 Å². The Morgan fingerprint density at radius 2 is 1.95 bits per heavy atom. The molecular weight excluding hydrogens is 312 g/mol. The van der Waals surface area contributed by atoms with Crippen molar-refractivity contribution in [1.82, 2.24) is 0 Å². The molecule has 0 aliphatic rings. The third-order valence-corrected chi connectivity index (χ3v) is 3.34. The van der Waals surface area contributed by atoms with Gasteiger partial charge >= 0.3 is 5.97 Å². The van der Waals surface area contributed by atoms with Crippen LogP contribution in [0.4, 0.5) is 0 Å². The molecule has 0 fully saturated rings. The Kier molecular flexibility index (Phi) is 5.89. The minimum absolute atomic E-state index is 0.00399. The molecule has 0 amide bonds. The number of carboxylic acids is 1. The zero-order valence-corrected chi connectivity index (χ0v) is 12.8. The summed E-state index contributed by atoms with van der Waals surface area (Å²) in [6.07, 6.45) is 2.43. The molecule has 0 aromatic heterocycles. The van der Waals surface area contributed by atoms with Crippen LogP contribution in [0.15, 0.2) is 22.7 Å². The van der Waals surface area contributed by atoms with Gasteiger partial charge in [-0.25, -0.2) is 0 Å². The molecule has 1 N–H and O–H groups in total. The average Bonchev–Trinajstić information content (AvgIpc) is 2.39. The van der Waals surface area contributed by atoms with Crippen LogP contribution in [0.25, 0.3) is 5.57 Å². The van der Waals surface area contributed by atoms with Gasteiger partial charge in [0.2, 0.25) is 0 Å². The van der Waals surface area contributed by atoms with Crippen molar-refractivity contribution in [2.24, 2.45) is 0 Å². The lowest BCUT2D eigenvalue weighted by Gasteiger charge is -2.14. The zero-order valence-electron chi connectivity index (χ0n) is 11.2. The molecule has 1 aromatic rings. The second-order valence-electron chi connectivity index (χ2n) is 3.87. The van der Waals surface area contributed by atoms with Crippen LogP contribution < -0.4 is 9.47 Å². The predicted molar refractivity (Wildman–Crippen MR) is 77.8 cm³/mol. The second kappa shape index (κ2) is 7.19. The maximum absolute atomic E-state index is 10.7. The third-order valence-electron chi connectivity index (χ3n) is 2.72. The second-order valence-corrected chi connectivity index (χ2v) is 4.72. The molecule has 0 aliphatic heterocycles. The molecule has 4 nitrogen and oxygen atoms in total. The van der Waals surface area contributed by atoms with E-state index in [1.54, 1.807) is 26.4 Å². The highest BCUT2D eigenvalue weighted by Gasteiger charge is 2.12. The fourth-order valence-electron chi connectivity index (χ4n) is 1.77. The summed E-state index contributed by atoms with van der Waals surface area (Å²) >= 11 is 3.42. The number of carbonyl (C=O) groups is 1. The molecule has 0 atom stereocenters. The largest absolute Gasteiger partial charge is 0.496 e. The molecule has 19 heavy (non-hydrogen) atoms. The van der Waals surface area contributed by atoms with E-state index in [2.05, 4.69) is 15.9 Å². The number of rotatable bonds is 6. The third kappa shape index (κ3) is 3.99. The lowest BCUT2D eigenvalue weighted by molar-refractivity contribution is -0.135. The van der Waals surface area contributed by atoms with Gasteiger partial charge in [0, 0.05) is 11.6 Å². The Hall–Kier alpha value is -1.49. The highest BCUT2D eigenvalue weighted by molar-refractivity contribution is 9.10. The molecule has 5 heteroatoms. The van der Waals surface area contributed by atoms with Crippen molar-refractivity contribution in [3.8, 4) is 11.5 Å². The predicted octanol–water partition coefficient (Wildman–Crippen LogP) is 3.73. The first-order valence-corrected chi connectivity index (χ1v) is 6.65. The number of aliphatic carboxylic acids is 1. The maximum Gasteiger partial charge on any atom is 0.307 e. The lowest BCUT2D eigenvalue weighted by Crippen LogP contribution is -1.96. The van der Waals surface area contributed by atoms with E-state index in [4.69, 9.17) is 14.6 Å². The van der Waals surface area contributed by atoms with Gasteiger partial charge in [-0.15, -0.1) is 0 Å². The van der Waals surface area contributed by atoms with Crippen LogP contribution in [0, 0.1) is 0 Å². The van der Waals surface area contributed by atoms with Gasteiger partial charge in [0.15, 0.2) is 0 Å². The Balaban J connectivity index is 3.26. The summed E-state index contributed by atoms with van der Waals surface area (Å²) in [6.45, 7) is 1.98. The van der Waals surface area contributed by atoms with Crippen molar-refractivity contribution in [1.29, 1.82) is 0 Å². The molecule has 0 aliphatic carbocycles. The molecule has 0 saturated carbocycles. The SMILES string of the molecule is CC/C(=C\CC(=O)O)c1cc(Br)c(OC)cc1OC. The number of hydrogen-bond acceptors (Lipinski definition) is 3. The average molecular weight is 329 g/mol. The van der Waals surface area contributed by atoms with Crippen molar-refractivity contribution < 1.29 is 19.4 Å². The van der Waals surface area contributed by atoms with Crippen LogP contribution >= 0.6 is 15.9 Å². The van der Waals surface area contributed by atoms with Crippen LogP contribution in [-0.2, 0) is 4.79 Å². The summed E-state index contributed by atoms with van der Waals surface area (Å²) in [6, 6.07) is 3.67. The van der Waals surface area contributed by atoms with Gasteiger partial charge in [0.25, 0.3) is 0 Å². The van der Waals surface area contributed by atoms with E-state index in [0.717, 1.165) is 22.0 Å². The Bertz CT molecular complexity index is 494. The van der Waals surface area contributed by atoms with E-state index in [1.165, 1.54) is 0 Å². The summed E-state index contributed by atoms with van der Waals surface area (Å²) in [4.78, 5) is 10.7. The van der Waals surface area contributed by atoms with Gasteiger partial charge in [-0.2, -0.15) is 0 Å². The molecule has 0 unspecified atom stereocenters. The van der Waals surface area contributed by atoms with E-state index in [9.17, 15) is 4.79 Å². The van der Waals surface area contributed by atoms with Crippen molar-refractivity contribution in [3.05, 3.63) is 28.2 Å². The summed E-state index contributed by atoms with van der Waals surface area (Å²) in [5.41, 5.74) is 1.81. The minimum atomic E-state index is -0.850. The van der Waals surface area contributed by atoms with Gasteiger partial charge in [-0.05, 0) is 34.0 Å². The van der Waals surface area contributed by atoms with Crippen molar-refractivity contribution in [2.75, 3.05) is 14.2 Å². The first kappa shape index (κ1) is 15.6. The summed E-state index contributed by atoms with van der Waals surface area (Å²) < 4.78 is 11.4. The normalized spacial score (nSPS) is 11.3. The zero-order chi connectivity index (χ0) is 14.4. The van der Waals surface area contributed by atoms with Crippen LogP contribution in [0.2, 0.25) is 0 Å². The van der Waals surface area contributed by atoms with Crippen molar-refractivity contribution in [3.63, 3.8) is 0 Å². The van der Waals surface area contributed by atoms with Crippen molar-refractivity contribution >= 4 is 27.5 Å². The van der Waals surface area contributed by atoms with Crippen LogP contribution in [0.1, 0.15) is 25.3 Å². The lowest BCUT2D eigenvalue weighted by atomic mass is 10.0. The monoisotopic (exact) mass is 328 g/mol. The Morgan fingerprint density at radius 3 is 2.42 bits per heavy atom. The van der Waals surface area contributed by atoms with Gasteiger partial charge in [-0.1, -0.05) is 13.0 Å². The minimum Gasteiger partial charge on any atom is -0.496 e. The smallest absolute Gasteiger partial charge is 0.307 e. The van der Waals surface area contributed by atoms with E-state index >= 15 is 0 Å². The van der Waals surface area contributed by atoms with Gasteiger partial charge < -0.3 is 14.6 Å². The number of halogens is 1. The first-order valence-electron chi connectivity index (χ1n) is 5.86. The summed E-state index contributed by atoms with van der Waals surface area (Å²) in [5, 5.41) is 8.76. The molecule has 0 bridgehead atoms. The van der Waals surface area contributed by atoms with Gasteiger partial charge in [-0.3, -0.25) is 4.79 Å². The fourth-order valence-corrected chi connectivity index (χ4v) is 2.27. The molecule has 0 saturated heterocycles. The maximum atomic E-state index is 10.7. The quantitative estimate of drug-likeness (QED) is 0.864. The first-order chi connectivity index (χ1) is 9.03. The number of benzene rings is 1. The Labute approximate surface area is 121 Å². The molecule has 1 rings (SSSR count). The molecule has 1 aromatic carbocycles. The number of allylic oxidation sites excluding steroid dienone is 1. The molecular formula is C14H17BrO4. The number of hydrogen-bond donors (Lipinski definition) is 1. The number of methoxy groups -OCH3 is 2. The van der Waals surface area contributed by atoms with Gasteiger partial charge in [0.05, 0.1) is 25.1 Å². The highest BCUT2D eigenvalue weighted by atomic mass is 79.9. The topological polar surface area (TPSA) is 55.8 Å². The summed E-state index contributed by atoms with van der Waals surface area (Å²) in [5.74, 6) is 0.491. The summed E-state index contributed by atoms with van der Waals surface area (Å²) in [7, 11) is 3.16. The van der Waals surface area contributed by atoms with E-state index in [0.29, 0.717) is 11.5 Å². The molecule has 0 heterocycles. The fraction of sp³-hybridized carbons (Fsp3) is 0.357. The Morgan fingerprint density at radius 1 is 1.32 bits per heavy atom. The van der Waals surface area contributed by atoms with E-state index in [1.807, 2.05) is 13.0 Å². The molecule has 0 spiro atoms. The molecule has 0 radical (unpaired) electrons. The van der Waals surface area contributed by atoms with Gasteiger partial charge in [0.1, 0.15) is 11.5 Å². The van der Waals surface area contributed by atoms with Crippen molar-refractivity contribution in [2.45, 2.75) is 19.8 Å². The van der Waals surface area contributed by atoms with E-state index in [-0.39, 0.29) is 6.42 Å². The number of carboxylic acid groups (broad SMARTS) is 1. The number of ether oxygens (including phenoxy) is 2. The van der Waals surface area contributed by atoms with Crippen LogP contribution in [-0.4, -0.2) is 25.3 Å².